The molecule has 0 unspecified atom stereocenters. The van der Waals surface area contributed by atoms with Gasteiger partial charge in [0.15, 0.2) is 0 Å². The van der Waals surface area contributed by atoms with E-state index < -0.39 is 33.1 Å². The first kappa shape index (κ1) is 22.0. The van der Waals surface area contributed by atoms with Gasteiger partial charge < -0.3 is 5.32 Å². The van der Waals surface area contributed by atoms with E-state index in [-0.39, 0.29) is 17.1 Å². The molecule has 2 rings (SSSR count). The van der Waals surface area contributed by atoms with Crippen molar-refractivity contribution in [1.29, 1.82) is 0 Å². The van der Waals surface area contributed by atoms with Crippen LogP contribution in [0.1, 0.15) is 42.6 Å². The molecule has 0 aliphatic carbocycles. The van der Waals surface area contributed by atoms with Gasteiger partial charge in [-0.2, -0.15) is 4.31 Å². The van der Waals surface area contributed by atoms with Gasteiger partial charge >= 0.3 is 0 Å². The quantitative estimate of drug-likeness (QED) is 0.704. The smallest absolute Gasteiger partial charge is 0.258 e. The number of aryl methyl sites for hydroxylation is 1. The Balaban J connectivity index is 2.33. The second-order valence-electron chi connectivity index (χ2n) is 6.41. The van der Waals surface area contributed by atoms with Crippen molar-refractivity contribution in [2.24, 2.45) is 0 Å². The first-order chi connectivity index (χ1) is 13.2. The highest BCUT2D eigenvalue weighted by atomic mass is 32.2. The largest absolute Gasteiger partial charge is 0.322 e. The van der Waals surface area contributed by atoms with Gasteiger partial charge in [-0.1, -0.05) is 26.3 Å². The van der Waals surface area contributed by atoms with Crippen LogP contribution in [0.2, 0.25) is 0 Å². The van der Waals surface area contributed by atoms with Crippen molar-refractivity contribution in [3.05, 3.63) is 59.2 Å². The molecular weight excluding hydrogens is 386 g/mol. The number of rotatable bonds is 8. The van der Waals surface area contributed by atoms with Crippen LogP contribution in [0.4, 0.5) is 14.5 Å². The zero-order valence-corrected chi connectivity index (χ0v) is 16.9. The molecule has 1 N–H and O–H groups in total. The van der Waals surface area contributed by atoms with E-state index in [0.717, 1.165) is 30.7 Å². The number of hydrogen-bond acceptors (Lipinski definition) is 3. The number of halogens is 2. The fraction of sp³-hybridized carbons (Fsp3) is 0.350. The minimum absolute atomic E-state index is 0.152. The van der Waals surface area contributed by atoms with Crippen molar-refractivity contribution in [3.8, 4) is 0 Å². The Bertz CT molecular complexity index is 962. The predicted octanol–water partition coefficient (Wildman–Crippen LogP) is 4.34. The predicted molar refractivity (Wildman–Crippen MR) is 105 cm³/mol. The fourth-order valence-corrected chi connectivity index (χ4v) is 4.15. The summed E-state index contributed by atoms with van der Waals surface area (Å²) in [4.78, 5) is 12.3. The van der Waals surface area contributed by atoms with Crippen molar-refractivity contribution in [2.75, 3.05) is 18.4 Å². The third-order valence-corrected chi connectivity index (χ3v) is 6.33. The minimum atomic E-state index is -3.85. The van der Waals surface area contributed by atoms with Crippen LogP contribution in [0, 0.1) is 18.6 Å². The number of carbonyl (C=O) groups is 1. The molecular formula is C20H24F2N2O3S. The monoisotopic (exact) mass is 410 g/mol. The lowest BCUT2D eigenvalue weighted by Gasteiger charge is -2.20. The van der Waals surface area contributed by atoms with Crippen molar-refractivity contribution in [2.45, 2.75) is 38.5 Å². The van der Waals surface area contributed by atoms with Gasteiger partial charge in [-0.25, -0.2) is 17.2 Å². The molecule has 0 radical (unpaired) electrons. The maximum Gasteiger partial charge on any atom is 0.258 e. The molecule has 2 aromatic rings. The van der Waals surface area contributed by atoms with Crippen molar-refractivity contribution >= 4 is 21.6 Å². The SMILES string of the molecule is CCCCN(CC)S(=O)(=O)c1ccc(F)c(C(=O)Nc2ccc(C)c(F)c2)c1. The summed E-state index contributed by atoms with van der Waals surface area (Å²) in [5, 5.41) is 2.40. The molecule has 0 heterocycles. The summed E-state index contributed by atoms with van der Waals surface area (Å²) < 4.78 is 54.8. The number of nitrogens with one attached hydrogen (secondary N) is 1. The van der Waals surface area contributed by atoms with Gasteiger partial charge in [0, 0.05) is 18.8 Å². The number of nitrogens with zero attached hydrogens (tertiary/aromatic N) is 1. The highest BCUT2D eigenvalue weighted by Gasteiger charge is 2.25. The van der Waals surface area contributed by atoms with Crippen molar-refractivity contribution in [3.63, 3.8) is 0 Å². The molecule has 0 aliphatic heterocycles. The summed E-state index contributed by atoms with van der Waals surface area (Å²) in [5.74, 6) is -2.22. The number of hydrogen-bond donors (Lipinski definition) is 1. The Hall–Kier alpha value is -2.32. The normalized spacial score (nSPS) is 11.6. The first-order valence-electron chi connectivity index (χ1n) is 9.07. The topological polar surface area (TPSA) is 66.5 Å². The molecule has 0 spiro atoms. The number of carbonyl (C=O) groups excluding carboxylic acids is 1. The van der Waals surface area contributed by atoms with E-state index in [2.05, 4.69) is 5.32 Å². The summed E-state index contributed by atoms with van der Waals surface area (Å²) in [6, 6.07) is 7.19. The van der Waals surface area contributed by atoms with E-state index in [9.17, 15) is 22.0 Å². The molecule has 5 nitrogen and oxygen atoms in total. The maximum absolute atomic E-state index is 14.2. The standard InChI is InChI=1S/C20H24F2N2O3S/c1-4-6-11-24(5-2)28(26,27)16-9-10-18(21)17(13-16)20(25)23-15-8-7-14(3)19(22)12-15/h7-10,12-13H,4-6,11H2,1-3H3,(H,23,25). The lowest BCUT2D eigenvalue weighted by Crippen LogP contribution is -2.32. The zero-order chi connectivity index (χ0) is 20.9. The van der Waals surface area contributed by atoms with Gasteiger partial charge in [-0.3, -0.25) is 4.79 Å². The van der Waals surface area contributed by atoms with E-state index in [0.29, 0.717) is 18.5 Å². The van der Waals surface area contributed by atoms with E-state index >= 15 is 0 Å². The van der Waals surface area contributed by atoms with Crippen molar-refractivity contribution in [1.82, 2.24) is 4.31 Å². The van der Waals surface area contributed by atoms with Gasteiger partial charge in [-0.15, -0.1) is 0 Å². The summed E-state index contributed by atoms with van der Waals surface area (Å²) in [6.07, 6.45) is 1.52. The summed E-state index contributed by atoms with van der Waals surface area (Å²) in [5.41, 5.74) is 0.136. The highest BCUT2D eigenvalue weighted by Crippen LogP contribution is 2.21. The first-order valence-corrected chi connectivity index (χ1v) is 10.5. The number of unbranched alkanes of at least 4 members (excludes halogenated alkanes) is 1. The number of benzene rings is 2. The average molecular weight is 410 g/mol. The van der Waals surface area contributed by atoms with Crippen LogP contribution in [-0.2, 0) is 10.0 Å². The summed E-state index contributed by atoms with van der Waals surface area (Å²) in [7, 11) is -3.85. The zero-order valence-electron chi connectivity index (χ0n) is 16.1. The van der Waals surface area contributed by atoms with Crippen LogP contribution >= 0.6 is 0 Å². The molecule has 2 aromatic carbocycles. The average Bonchev–Trinajstić information content (AvgIpc) is 2.65. The van der Waals surface area contributed by atoms with Gasteiger partial charge in [0.05, 0.1) is 10.5 Å². The molecule has 0 saturated heterocycles. The van der Waals surface area contributed by atoms with E-state index in [1.807, 2.05) is 6.92 Å². The lowest BCUT2D eigenvalue weighted by molar-refractivity contribution is 0.102. The molecule has 0 bridgehead atoms. The van der Waals surface area contributed by atoms with E-state index in [1.54, 1.807) is 13.8 Å². The third-order valence-electron chi connectivity index (χ3n) is 4.36. The Morgan fingerprint density at radius 1 is 1.07 bits per heavy atom. The van der Waals surface area contributed by atoms with Crippen LogP contribution in [0.5, 0.6) is 0 Å². The van der Waals surface area contributed by atoms with Gasteiger partial charge in [0.2, 0.25) is 10.0 Å². The lowest BCUT2D eigenvalue weighted by atomic mass is 10.1. The van der Waals surface area contributed by atoms with E-state index in [4.69, 9.17) is 0 Å². The second kappa shape index (κ2) is 9.25. The van der Waals surface area contributed by atoms with Crippen LogP contribution < -0.4 is 5.32 Å². The maximum atomic E-state index is 14.2. The molecule has 0 fully saturated rings. The fourth-order valence-electron chi connectivity index (χ4n) is 2.64. The molecule has 1 amide bonds. The van der Waals surface area contributed by atoms with Gasteiger partial charge in [0.1, 0.15) is 11.6 Å². The molecule has 8 heteroatoms. The summed E-state index contributed by atoms with van der Waals surface area (Å²) >= 11 is 0. The Labute approximate surface area is 164 Å². The van der Waals surface area contributed by atoms with Gasteiger partial charge in [0.25, 0.3) is 5.91 Å². The number of sulfonamides is 1. The Kier molecular flexibility index (Phi) is 7.26. The van der Waals surface area contributed by atoms with Crippen LogP contribution in [0.3, 0.4) is 0 Å². The second-order valence-corrected chi connectivity index (χ2v) is 8.35. The van der Waals surface area contributed by atoms with Crippen molar-refractivity contribution < 1.29 is 22.0 Å². The number of anilines is 1. The third kappa shape index (κ3) is 4.94. The molecule has 152 valence electrons. The van der Waals surface area contributed by atoms with Crippen LogP contribution in [-0.4, -0.2) is 31.7 Å². The molecule has 0 saturated carbocycles. The molecule has 0 aliphatic rings. The van der Waals surface area contributed by atoms with Crippen LogP contribution in [0.25, 0.3) is 0 Å². The molecule has 28 heavy (non-hydrogen) atoms. The number of amides is 1. The highest BCUT2D eigenvalue weighted by molar-refractivity contribution is 7.89. The van der Waals surface area contributed by atoms with Gasteiger partial charge in [-0.05, 0) is 49.2 Å². The summed E-state index contributed by atoms with van der Waals surface area (Å²) in [6.45, 7) is 5.86. The Morgan fingerprint density at radius 2 is 1.79 bits per heavy atom. The van der Waals surface area contributed by atoms with Crippen LogP contribution in [0.15, 0.2) is 41.3 Å². The molecule has 0 aromatic heterocycles. The Morgan fingerprint density at radius 3 is 2.39 bits per heavy atom. The minimum Gasteiger partial charge on any atom is -0.322 e. The molecule has 0 atom stereocenters. The van der Waals surface area contributed by atoms with E-state index in [1.165, 1.54) is 16.4 Å².